The van der Waals surface area contributed by atoms with Gasteiger partial charge in [0.1, 0.15) is 10.8 Å². The molecule has 3 aromatic rings. The molecule has 7 heteroatoms. The van der Waals surface area contributed by atoms with Gasteiger partial charge in [-0.25, -0.2) is 4.39 Å². The summed E-state index contributed by atoms with van der Waals surface area (Å²) in [5.74, 6) is 0.806. The van der Waals surface area contributed by atoms with Crippen molar-refractivity contribution in [3.05, 3.63) is 95.7 Å². The van der Waals surface area contributed by atoms with E-state index in [1.807, 2.05) is 24.3 Å². The highest BCUT2D eigenvalue weighted by Gasteiger charge is 2.44. The molecule has 1 aliphatic heterocycles. The number of hydrogen-bond donors (Lipinski definition) is 1. The molecule has 1 fully saturated rings. The third-order valence-corrected chi connectivity index (χ3v) is 5.24. The first kappa shape index (κ1) is 18.8. The Morgan fingerprint density at radius 1 is 1.03 bits per heavy atom. The lowest BCUT2D eigenvalue weighted by Crippen LogP contribution is -2.56. The third-order valence-electron chi connectivity index (χ3n) is 4.91. The molecular weight excluding hydrogens is 387 g/mol. The maximum absolute atomic E-state index is 13.4. The highest BCUT2D eigenvalue weighted by Crippen LogP contribution is 2.35. The predicted molar refractivity (Wildman–Crippen MR) is 111 cm³/mol. The number of thiocarbonyl (C=S) groups is 1. The monoisotopic (exact) mass is 402 g/mol. The highest BCUT2D eigenvalue weighted by atomic mass is 32.1. The molecule has 2 aromatic heterocycles. The molecule has 1 aromatic carbocycles. The van der Waals surface area contributed by atoms with Gasteiger partial charge in [0.2, 0.25) is 6.04 Å². The molecule has 1 amide bonds. The number of pyridine rings is 2. The fourth-order valence-electron chi connectivity index (χ4n) is 3.51. The zero-order valence-corrected chi connectivity index (χ0v) is 15.9. The van der Waals surface area contributed by atoms with Crippen LogP contribution < -0.4 is 9.88 Å². The summed E-state index contributed by atoms with van der Waals surface area (Å²) >= 11 is 5.21. The molecule has 5 nitrogen and oxygen atoms in total. The fraction of sp³-hybridized carbons (Fsp3) is 0.0909. The minimum Gasteiger partial charge on any atom is -0.763 e. The number of nitrogens with one attached hydrogen (secondary N) is 1. The molecule has 1 N–H and O–H groups in total. The summed E-state index contributed by atoms with van der Waals surface area (Å²) in [5, 5.41) is 12.3. The number of carbonyl (C=O) groups is 1. The van der Waals surface area contributed by atoms with Crippen LogP contribution in [0.25, 0.3) is 16.5 Å². The summed E-state index contributed by atoms with van der Waals surface area (Å²) in [6, 6.07) is 12.6. The highest BCUT2D eigenvalue weighted by molar-refractivity contribution is 7.80. The van der Waals surface area contributed by atoms with Gasteiger partial charge in [-0.15, -0.1) is 0 Å². The van der Waals surface area contributed by atoms with Gasteiger partial charge < -0.3 is 10.7 Å². The second-order valence-corrected chi connectivity index (χ2v) is 7.00. The van der Waals surface area contributed by atoms with Crippen molar-refractivity contribution in [3.63, 3.8) is 0 Å². The van der Waals surface area contributed by atoms with Gasteiger partial charge in [0.25, 0.3) is 5.91 Å². The molecule has 3 heterocycles. The second kappa shape index (κ2) is 7.83. The molecule has 4 rings (SSSR count). The SMILES string of the molecule is [N-]=C=C1C(=S)NC(=O)C([n+]2ccc(-c3ccncc3)cc2)C1c1ccc(F)cc1. The van der Waals surface area contributed by atoms with Crippen molar-refractivity contribution in [2.75, 3.05) is 0 Å². The largest absolute Gasteiger partial charge is 0.763 e. The van der Waals surface area contributed by atoms with Gasteiger partial charge in [0.05, 0.1) is 5.92 Å². The Labute approximate surface area is 172 Å². The Bertz CT molecular complexity index is 1120. The first-order valence-corrected chi connectivity index (χ1v) is 9.28. The van der Waals surface area contributed by atoms with Crippen molar-refractivity contribution in [1.29, 1.82) is 0 Å². The minimum atomic E-state index is -0.728. The summed E-state index contributed by atoms with van der Waals surface area (Å²) in [5.41, 5.74) is 2.90. The quantitative estimate of drug-likeness (QED) is 0.317. The Kier molecular flexibility index (Phi) is 5.08. The van der Waals surface area contributed by atoms with E-state index in [1.165, 1.54) is 12.1 Å². The lowest BCUT2D eigenvalue weighted by molar-refractivity contribution is -0.711. The standard InChI is InChI=1S/C22H15FN4OS/c23-17-3-1-16(2-4-17)19-18(13-24)22(29)26-21(28)20(19)27-11-7-15(8-12-27)14-5-9-25-10-6-14/h1-12,19-20H,(H,26,28,29). The van der Waals surface area contributed by atoms with E-state index in [9.17, 15) is 14.6 Å². The van der Waals surface area contributed by atoms with E-state index in [0.29, 0.717) is 5.56 Å². The zero-order valence-electron chi connectivity index (χ0n) is 15.1. The van der Waals surface area contributed by atoms with Crippen LogP contribution in [0.5, 0.6) is 0 Å². The van der Waals surface area contributed by atoms with Gasteiger partial charge in [-0.05, 0) is 41.0 Å². The molecule has 1 saturated heterocycles. The van der Waals surface area contributed by atoms with Crippen LogP contribution in [-0.4, -0.2) is 21.7 Å². The van der Waals surface area contributed by atoms with E-state index >= 15 is 0 Å². The number of benzene rings is 1. The van der Waals surface area contributed by atoms with Crippen LogP contribution in [0, 0.1) is 5.82 Å². The van der Waals surface area contributed by atoms with Crippen molar-refractivity contribution < 1.29 is 13.8 Å². The molecule has 1 aliphatic rings. The molecule has 2 unspecified atom stereocenters. The van der Waals surface area contributed by atoms with E-state index in [0.717, 1.165) is 11.1 Å². The number of rotatable bonds is 3. The van der Waals surface area contributed by atoms with Crippen LogP contribution in [0.15, 0.2) is 78.9 Å². The number of halogens is 1. The summed E-state index contributed by atoms with van der Waals surface area (Å²) in [4.78, 5) is 17.0. The topological polar surface area (TPSA) is 68.2 Å². The normalized spacial score (nSPS) is 18.9. The van der Waals surface area contributed by atoms with E-state index in [2.05, 4.69) is 16.2 Å². The van der Waals surface area contributed by atoms with E-state index in [-0.39, 0.29) is 22.3 Å². The van der Waals surface area contributed by atoms with Crippen molar-refractivity contribution >= 4 is 29.0 Å². The number of hydrogen-bond acceptors (Lipinski definition) is 3. The molecule has 0 bridgehead atoms. The van der Waals surface area contributed by atoms with Crippen LogP contribution in [-0.2, 0) is 4.79 Å². The Morgan fingerprint density at radius 3 is 2.28 bits per heavy atom. The predicted octanol–water partition coefficient (Wildman–Crippen LogP) is 3.12. The maximum Gasteiger partial charge on any atom is 0.295 e. The third kappa shape index (κ3) is 3.61. The fourth-order valence-corrected chi connectivity index (χ4v) is 3.78. The summed E-state index contributed by atoms with van der Waals surface area (Å²) in [6.45, 7) is 0. The molecule has 0 spiro atoms. The number of carbonyl (C=O) groups excluding carboxylic acids is 1. The molecule has 29 heavy (non-hydrogen) atoms. The van der Waals surface area contributed by atoms with Crippen LogP contribution in [0.1, 0.15) is 17.5 Å². The smallest absolute Gasteiger partial charge is 0.295 e. The van der Waals surface area contributed by atoms with E-state index in [4.69, 9.17) is 12.2 Å². The Balaban J connectivity index is 1.78. The van der Waals surface area contributed by atoms with Crippen LogP contribution >= 0.6 is 12.2 Å². The van der Waals surface area contributed by atoms with Gasteiger partial charge in [-0.1, -0.05) is 24.4 Å². The van der Waals surface area contributed by atoms with Crippen molar-refractivity contribution in [3.8, 4) is 11.1 Å². The van der Waals surface area contributed by atoms with Crippen LogP contribution in [0.2, 0.25) is 0 Å². The molecular formula is C22H15FN4OS. The number of amides is 1. The Morgan fingerprint density at radius 2 is 1.66 bits per heavy atom. The lowest BCUT2D eigenvalue weighted by Gasteiger charge is -2.30. The lowest BCUT2D eigenvalue weighted by atomic mass is 9.82. The average Bonchev–Trinajstić information content (AvgIpc) is 2.75. The molecule has 142 valence electrons. The summed E-state index contributed by atoms with van der Waals surface area (Å²) in [6.07, 6.45) is 7.01. The second-order valence-electron chi connectivity index (χ2n) is 6.59. The summed E-state index contributed by atoms with van der Waals surface area (Å²) < 4.78 is 15.2. The van der Waals surface area contributed by atoms with Crippen LogP contribution in [0.4, 0.5) is 4.39 Å². The number of aromatic nitrogens is 2. The van der Waals surface area contributed by atoms with E-state index < -0.39 is 12.0 Å². The van der Waals surface area contributed by atoms with Gasteiger partial charge in [0.15, 0.2) is 12.4 Å². The van der Waals surface area contributed by atoms with E-state index in [1.54, 1.807) is 41.5 Å². The first-order valence-electron chi connectivity index (χ1n) is 8.87. The van der Waals surface area contributed by atoms with Gasteiger partial charge in [-0.2, -0.15) is 4.57 Å². The molecule has 0 saturated carbocycles. The minimum absolute atomic E-state index is 0.108. The Hall–Kier alpha value is -3.54. The van der Waals surface area contributed by atoms with Crippen LogP contribution in [0.3, 0.4) is 0 Å². The molecule has 0 aliphatic carbocycles. The van der Waals surface area contributed by atoms with Gasteiger partial charge in [-0.3, -0.25) is 15.6 Å². The van der Waals surface area contributed by atoms with Crippen molar-refractivity contribution in [2.24, 2.45) is 0 Å². The number of piperidine rings is 1. The number of nitrogens with zero attached hydrogens (tertiary/aromatic N) is 3. The molecule has 0 radical (unpaired) electrons. The summed E-state index contributed by atoms with van der Waals surface area (Å²) in [7, 11) is 0. The van der Waals surface area contributed by atoms with Crippen molar-refractivity contribution in [2.45, 2.75) is 12.0 Å². The average molecular weight is 402 g/mol. The maximum atomic E-state index is 13.4. The first-order chi connectivity index (χ1) is 14.1. The van der Waals surface area contributed by atoms with Gasteiger partial charge >= 0.3 is 0 Å². The van der Waals surface area contributed by atoms with Gasteiger partial charge in [0, 0.05) is 30.1 Å². The zero-order chi connectivity index (χ0) is 20.4. The van der Waals surface area contributed by atoms with Crippen molar-refractivity contribution in [1.82, 2.24) is 10.3 Å². The molecule has 2 atom stereocenters.